The van der Waals surface area contributed by atoms with Gasteiger partial charge in [-0.2, -0.15) is 13.2 Å². The molecule has 3 N–H and O–H groups in total. The normalized spacial score (nSPS) is 11.2. The number of hydrogen-bond acceptors (Lipinski definition) is 3. The van der Waals surface area contributed by atoms with Crippen LogP contribution < -0.4 is 16.0 Å². The molecular weight excluding hydrogens is 327 g/mol. The Morgan fingerprint density at radius 1 is 1.12 bits per heavy atom. The number of benzene rings is 1. The molecule has 0 aliphatic carbocycles. The molecule has 6 nitrogen and oxygen atoms in total. The molecule has 0 radical (unpaired) electrons. The van der Waals surface area contributed by atoms with Crippen LogP contribution in [-0.2, 0) is 9.53 Å². The molecule has 1 aromatic carbocycles. The minimum atomic E-state index is -4.42. The molecule has 0 saturated carbocycles. The highest BCUT2D eigenvalue weighted by Crippen LogP contribution is 2.21. The van der Waals surface area contributed by atoms with Gasteiger partial charge in [-0.1, -0.05) is 12.1 Å². The molecule has 0 bridgehead atoms. The average Bonchev–Trinajstić information content (AvgIpc) is 2.44. The van der Waals surface area contributed by atoms with Crippen LogP contribution in [0.5, 0.6) is 0 Å². The van der Waals surface area contributed by atoms with Crippen molar-refractivity contribution in [2.45, 2.75) is 32.5 Å². The molecule has 1 aromatic rings. The van der Waals surface area contributed by atoms with Crippen molar-refractivity contribution in [1.82, 2.24) is 5.32 Å². The number of urea groups is 1. The Bertz CT molecular complexity index is 562. The molecule has 1 rings (SSSR count). The van der Waals surface area contributed by atoms with Gasteiger partial charge in [-0.3, -0.25) is 4.79 Å². The fraction of sp³-hybridized carbons (Fsp3) is 0.467. The van der Waals surface area contributed by atoms with Crippen molar-refractivity contribution in [1.29, 1.82) is 0 Å². The number of para-hydroxylation sites is 2. The van der Waals surface area contributed by atoms with Gasteiger partial charge in [0.15, 0.2) is 0 Å². The van der Waals surface area contributed by atoms with Crippen molar-refractivity contribution in [3.8, 4) is 0 Å². The molecule has 3 amide bonds. The van der Waals surface area contributed by atoms with Crippen LogP contribution in [-0.4, -0.2) is 37.4 Å². The van der Waals surface area contributed by atoms with Gasteiger partial charge in [0.25, 0.3) is 0 Å². The third kappa shape index (κ3) is 8.37. The van der Waals surface area contributed by atoms with Crippen molar-refractivity contribution >= 4 is 23.3 Å². The molecule has 0 fully saturated rings. The van der Waals surface area contributed by atoms with Crippen LogP contribution in [0.1, 0.15) is 20.3 Å². The SMILES string of the molecule is CC(C)NC(=O)Nc1ccccc1NC(=O)CCOCC(F)(F)F. The van der Waals surface area contributed by atoms with Crippen LogP contribution in [0.3, 0.4) is 0 Å². The Morgan fingerprint density at radius 2 is 1.71 bits per heavy atom. The fourth-order valence-corrected chi connectivity index (χ4v) is 1.69. The summed E-state index contributed by atoms with van der Waals surface area (Å²) in [5.74, 6) is -0.518. The van der Waals surface area contributed by atoms with Crippen LogP contribution in [0.4, 0.5) is 29.3 Å². The van der Waals surface area contributed by atoms with Gasteiger partial charge in [0, 0.05) is 6.04 Å². The maximum Gasteiger partial charge on any atom is 0.411 e. The molecule has 0 heterocycles. The zero-order valence-electron chi connectivity index (χ0n) is 13.4. The Morgan fingerprint density at radius 3 is 2.25 bits per heavy atom. The largest absolute Gasteiger partial charge is 0.411 e. The van der Waals surface area contributed by atoms with E-state index in [1.165, 1.54) is 0 Å². The molecule has 24 heavy (non-hydrogen) atoms. The predicted octanol–water partition coefficient (Wildman–Crippen LogP) is 3.12. The molecule has 9 heteroatoms. The summed E-state index contributed by atoms with van der Waals surface area (Å²) in [7, 11) is 0. The van der Waals surface area contributed by atoms with Crippen molar-refractivity contribution in [3.63, 3.8) is 0 Å². The zero-order chi connectivity index (χ0) is 18.2. The first-order valence-corrected chi connectivity index (χ1v) is 7.28. The molecular formula is C15H20F3N3O3. The van der Waals surface area contributed by atoms with Crippen molar-refractivity contribution < 1.29 is 27.5 Å². The van der Waals surface area contributed by atoms with Gasteiger partial charge in [-0.15, -0.1) is 0 Å². The second-order valence-corrected chi connectivity index (χ2v) is 5.26. The lowest BCUT2D eigenvalue weighted by atomic mass is 10.2. The smallest absolute Gasteiger partial charge is 0.372 e. The molecule has 0 spiro atoms. The molecule has 0 aliphatic rings. The summed E-state index contributed by atoms with van der Waals surface area (Å²) in [5.41, 5.74) is 0.720. The first-order valence-electron chi connectivity index (χ1n) is 7.28. The van der Waals surface area contributed by atoms with E-state index < -0.39 is 24.7 Å². The van der Waals surface area contributed by atoms with E-state index in [9.17, 15) is 22.8 Å². The summed E-state index contributed by atoms with van der Waals surface area (Å²) in [5, 5.41) is 7.75. The number of halogens is 3. The van der Waals surface area contributed by atoms with Gasteiger partial charge < -0.3 is 20.7 Å². The van der Waals surface area contributed by atoms with Gasteiger partial charge in [0.1, 0.15) is 6.61 Å². The van der Waals surface area contributed by atoms with E-state index in [2.05, 4.69) is 20.7 Å². The maximum atomic E-state index is 11.9. The highest BCUT2D eigenvalue weighted by atomic mass is 19.4. The van der Waals surface area contributed by atoms with Gasteiger partial charge in [-0.05, 0) is 26.0 Å². The van der Waals surface area contributed by atoms with Crippen LogP contribution in [0.2, 0.25) is 0 Å². The van der Waals surface area contributed by atoms with Crippen LogP contribution in [0.15, 0.2) is 24.3 Å². The fourth-order valence-electron chi connectivity index (χ4n) is 1.69. The van der Waals surface area contributed by atoms with Crippen molar-refractivity contribution in [3.05, 3.63) is 24.3 Å². The van der Waals surface area contributed by atoms with Crippen LogP contribution in [0.25, 0.3) is 0 Å². The average molecular weight is 347 g/mol. The van der Waals surface area contributed by atoms with E-state index in [-0.39, 0.29) is 19.1 Å². The van der Waals surface area contributed by atoms with E-state index >= 15 is 0 Å². The number of alkyl halides is 3. The first kappa shape index (κ1) is 19.8. The number of hydrogen-bond donors (Lipinski definition) is 3. The summed E-state index contributed by atoms with van der Waals surface area (Å²) in [6.45, 7) is 1.85. The second kappa shape index (κ2) is 9.11. The molecule has 0 atom stereocenters. The zero-order valence-corrected chi connectivity index (χ0v) is 13.4. The molecule has 0 saturated heterocycles. The number of nitrogens with one attached hydrogen (secondary N) is 3. The Labute approximate surface area is 137 Å². The molecule has 0 aromatic heterocycles. The third-order valence-corrected chi connectivity index (χ3v) is 2.61. The first-order chi connectivity index (χ1) is 11.2. The van der Waals surface area contributed by atoms with E-state index in [4.69, 9.17) is 0 Å². The Hall–Kier alpha value is -2.29. The third-order valence-electron chi connectivity index (χ3n) is 2.61. The number of rotatable bonds is 7. The summed E-state index contributed by atoms with van der Waals surface area (Å²) in [4.78, 5) is 23.5. The summed E-state index contributed by atoms with van der Waals surface area (Å²) in [6.07, 6.45) is -4.65. The van der Waals surface area contributed by atoms with Gasteiger partial charge in [-0.25, -0.2) is 4.79 Å². The maximum absolute atomic E-state index is 11.9. The number of carbonyl (C=O) groups excluding carboxylic acids is 2. The highest BCUT2D eigenvalue weighted by Gasteiger charge is 2.27. The lowest BCUT2D eigenvalue weighted by Gasteiger charge is -2.14. The van der Waals surface area contributed by atoms with E-state index in [0.717, 1.165) is 0 Å². The minimum Gasteiger partial charge on any atom is -0.372 e. The van der Waals surface area contributed by atoms with Crippen LogP contribution in [0, 0.1) is 0 Å². The van der Waals surface area contributed by atoms with E-state index in [1.54, 1.807) is 38.1 Å². The monoisotopic (exact) mass is 347 g/mol. The Balaban J connectivity index is 2.52. The standard InChI is InChI=1S/C15H20F3N3O3/c1-10(2)19-14(23)21-12-6-4-3-5-11(12)20-13(22)7-8-24-9-15(16,17)18/h3-6,10H,7-9H2,1-2H3,(H,20,22)(H2,19,21,23). The number of anilines is 2. The van der Waals surface area contributed by atoms with E-state index in [0.29, 0.717) is 11.4 Å². The second-order valence-electron chi connectivity index (χ2n) is 5.26. The lowest BCUT2D eigenvalue weighted by Crippen LogP contribution is -2.34. The summed E-state index contributed by atoms with van der Waals surface area (Å²) in [6, 6.07) is 6.00. The van der Waals surface area contributed by atoms with Gasteiger partial charge in [0.2, 0.25) is 5.91 Å². The Kier molecular flexibility index (Phi) is 7.50. The molecule has 0 unspecified atom stereocenters. The summed E-state index contributed by atoms with van der Waals surface area (Å²) >= 11 is 0. The number of carbonyl (C=O) groups is 2. The molecule has 0 aliphatic heterocycles. The van der Waals surface area contributed by atoms with Crippen molar-refractivity contribution in [2.24, 2.45) is 0 Å². The summed E-state index contributed by atoms with van der Waals surface area (Å²) < 4.78 is 40.1. The number of amides is 3. The quantitative estimate of drug-likeness (QED) is 0.663. The van der Waals surface area contributed by atoms with Crippen molar-refractivity contribution in [2.75, 3.05) is 23.8 Å². The predicted molar refractivity (Wildman–Crippen MR) is 83.9 cm³/mol. The van der Waals surface area contributed by atoms with Crippen LogP contribution >= 0.6 is 0 Å². The van der Waals surface area contributed by atoms with Gasteiger partial charge in [0.05, 0.1) is 24.4 Å². The minimum absolute atomic E-state index is 0.0578. The highest BCUT2D eigenvalue weighted by molar-refractivity contribution is 5.99. The number of ether oxygens (including phenoxy) is 1. The molecule has 134 valence electrons. The topological polar surface area (TPSA) is 79.5 Å². The lowest BCUT2D eigenvalue weighted by molar-refractivity contribution is -0.174. The van der Waals surface area contributed by atoms with Gasteiger partial charge >= 0.3 is 12.2 Å². The van der Waals surface area contributed by atoms with E-state index in [1.807, 2.05) is 0 Å².